The van der Waals surface area contributed by atoms with E-state index in [2.05, 4.69) is 108 Å². The van der Waals surface area contributed by atoms with E-state index in [1.807, 2.05) is 71.4 Å². The summed E-state index contributed by atoms with van der Waals surface area (Å²) in [5.74, 6) is 5.73. The lowest BCUT2D eigenvalue weighted by Crippen LogP contribution is -2.59. The number of aryl methyl sites for hydroxylation is 1. The molecule has 8 saturated carbocycles. The number of pyridine rings is 6. The number of nitriles is 1. The number of ether oxygens (including phenoxy) is 8. The Morgan fingerprint density at radius 1 is 0.409 bits per heavy atom. The fourth-order valence-corrected chi connectivity index (χ4v) is 21.9. The second-order valence-electron chi connectivity index (χ2n) is 47.1. The third kappa shape index (κ3) is 24.0. The normalized spacial score (nSPS) is 27.1. The Balaban J connectivity index is 0.000000116. The van der Waals surface area contributed by atoms with Crippen LogP contribution >= 0.6 is 0 Å². The van der Waals surface area contributed by atoms with E-state index in [-0.39, 0.29) is 98.6 Å². The zero-order valence-electron chi connectivity index (χ0n) is 82.6. The van der Waals surface area contributed by atoms with Gasteiger partial charge < -0.3 is 88.2 Å². The Kier molecular flexibility index (Phi) is 29.0. The summed E-state index contributed by atoms with van der Waals surface area (Å²) in [6.45, 7) is 24.8. The van der Waals surface area contributed by atoms with Gasteiger partial charge in [0.2, 0.25) is 41.7 Å². The molecule has 1 aromatic carbocycles. The number of alkyl halides is 5. The van der Waals surface area contributed by atoms with Crippen LogP contribution in [-0.4, -0.2) is 110 Å². The molecule has 746 valence electrons. The van der Waals surface area contributed by atoms with E-state index in [0.29, 0.717) is 54.2 Å². The number of hydrogen-bond donors (Lipinski definition) is 9. The minimum atomic E-state index is -4.15. The second-order valence-corrected chi connectivity index (χ2v) is 47.1. The molecule has 7 aromatic rings. The summed E-state index contributed by atoms with van der Waals surface area (Å²) < 4.78 is 110. The fraction of sp³-hybridized carbons (Fsp3) is 0.657. The van der Waals surface area contributed by atoms with Crippen molar-refractivity contribution in [3.63, 3.8) is 0 Å². The predicted octanol–water partition coefficient (Wildman–Crippen LogP) is 20.4. The molecule has 137 heavy (non-hydrogen) atoms. The van der Waals surface area contributed by atoms with E-state index >= 15 is 0 Å². The zero-order valence-corrected chi connectivity index (χ0v) is 82.6. The third-order valence-corrected chi connectivity index (χ3v) is 30.6. The molecule has 16 N–H and O–H groups in total. The van der Waals surface area contributed by atoms with Crippen molar-refractivity contribution in [1.82, 2.24) is 29.9 Å². The number of fused-ring (bicyclic) bond motifs is 7. The lowest BCUT2D eigenvalue weighted by molar-refractivity contribution is -0.142. The van der Waals surface area contributed by atoms with Crippen LogP contribution in [-0.2, 0) is 38.5 Å². The minimum Gasteiger partial charge on any atom is -0.487 e. The van der Waals surface area contributed by atoms with Crippen molar-refractivity contribution in [2.75, 3.05) is 0 Å². The molecule has 7 aliphatic heterocycles. The molecule has 8 aliphatic carbocycles. The van der Waals surface area contributed by atoms with E-state index in [9.17, 15) is 32.2 Å². The molecule has 6 aromatic heterocycles. The molecule has 1 unspecified atom stereocenters. The van der Waals surface area contributed by atoms with Gasteiger partial charge in [0.1, 0.15) is 56.3 Å². The molecule has 7 spiro atoms. The van der Waals surface area contributed by atoms with Crippen LogP contribution in [0.25, 0.3) is 0 Å². The fourth-order valence-electron chi connectivity index (χ4n) is 21.9. The zero-order chi connectivity index (χ0) is 98.0. The van der Waals surface area contributed by atoms with Crippen LogP contribution in [0.15, 0.2) is 91.8 Å². The molecule has 29 heteroatoms. The average molecular weight is 1900 g/mol. The lowest BCUT2D eigenvalue weighted by Gasteiger charge is -2.50. The van der Waals surface area contributed by atoms with E-state index in [1.165, 1.54) is 67.0 Å². The van der Waals surface area contributed by atoms with Gasteiger partial charge in [-0.05, 0) is 301 Å². The van der Waals surface area contributed by atoms with Gasteiger partial charge in [-0.1, -0.05) is 60.6 Å². The molecule has 15 aliphatic rings. The number of aromatic nitrogens is 6. The summed E-state index contributed by atoms with van der Waals surface area (Å²) in [6, 6.07) is 20.3. The van der Waals surface area contributed by atoms with E-state index in [0.717, 1.165) is 222 Å². The molecule has 24 nitrogen and oxygen atoms in total. The number of aliphatic hydroxyl groups excluding tert-OH is 2. The molecule has 0 saturated heterocycles. The lowest BCUT2D eigenvalue weighted by atomic mass is 9.71. The summed E-state index contributed by atoms with van der Waals surface area (Å²) in [4.78, 5) is 26.3. The Morgan fingerprint density at radius 3 is 1.09 bits per heavy atom. The SMILES string of the molecule is CC(C)(C#N)Cc1ccc2c(c1)[C@@H](N)CC1(CCC1)O2.CC(C)(C)Cc1cnc2c(c1)[C@@H](N)C[C@@]1(CC[C@H]1O)O2.CC(C)(C)Cc1cnc2c(c1)[C@@H](N)C[C@]1(CC[C@@H]1O)O2.CC(C)(C)Oc1cnc2c(c1)[C@@H](N)CC1(CCC1)O2.CC(Cc1cnc2c(c1)[C@@H](N)CC1(CCC1)O2)C(F)F.N[C@H]1CC2(CCC2)Oc2ncc(CC3CC3)cc21.N[C@H]1CC2(CCC2)Oc2ncc(CCC(F)(F)F)cc21. The van der Waals surface area contributed by atoms with Crippen molar-refractivity contribution >= 4 is 0 Å². The maximum Gasteiger partial charge on any atom is 0.389 e. The van der Waals surface area contributed by atoms with Crippen molar-refractivity contribution < 1.29 is 70.1 Å². The van der Waals surface area contributed by atoms with Crippen molar-refractivity contribution in [2.45, 2.75) is 420 Å². The molecule has 0 radical (unpaired) electrons. The largest absolute Gasteiger partial charge is 0.487 e. The van der Waals surface area contributed by atoms with Gasteiger partial charge in [0.05, 0.1) is 29.9 Å². The first-order chi connectivity index (χ1) is 64.5. The highest BCUT2D eigenvalue weighted by Gasteiger charge is 2.56. The topological polar surface area (TPSA) is 398 Å². The van der Waals surface area contributed by atoms with Crippen LogP contribution in [0, 0.1) is 39.4 Å². The highest BCUT2D eigenvalue weighted by atomic mass is 19.4. The quantitative estimate of drug-likeness (QED) is 0.0513. The van der Waals surface area contributed by atoms with Crippen molar-refractivity contribution in [3.8, 4) is 52.8 Å². The Bertz CT molecular complexity index is 5360. The molecule has 13 heterocycles. The Hall–Kier alpha value is -8.70. The van der Waals surface area contributed by atoms with Crippen molar-refractivity contribution in [2.24, 2.45) is 68.2 Å². The number of halogens is 5. The molecule has 0 bridgehead atoms. The standard InChI is InChI=1S/C17H22N2O.2C16H24N2O2.C15H20F2N2O.C15H22N2O2.C15H20N2O.C14H17F3N2O/c1-16(2,11-18)9-12-4-5-15-13(8-12)14(19)10-17(20-15)6-3-7-17;2*1-15(2,3)7-10-6-11-12(17)8-16(5-4-13(16)19)20-14(11)18-9-10;1-9(13(16)17)5-10-6-11-12(18)7-15(3-2-4-15)20-14(11)19-8-10;1-14(2,3)18-10-7-11-12(16)8-15(5-4-6-15)19-13(11)17-9-10;16-13-8-15(4-1-5-15)18-14-12(13)7-11(9-17-14)6-10-2-3-10;15-14(16,17)5-2-9-6-10-11(18)7-13(3-1-4-13)20-12(10)19-8-9/h4-5,8,14H,3,6-7,9-10,19H2,1-2H3;2*6,9,12-13,19H,4-5,7-8,17H2,1-3H3;6,8-9,12-13H,2-5,7,18H2,1H3;7,9,12H,4-6,8,16H2,1-3H3;7,9-10,13H,1-6,8,16H2;6,8,11H,1-5,7,18H2/t14-;12-,13+,16+;12-,13-,16-;9?,12-;12-;13-;11-/m0000000/s1. The smallest absolute Gasteiger partial charge is 0.389 e. The predicted molar refractivity (Wildman–Crippen MR) is 515 cm³/mol. The molecular weight excluding hydrogens is 1750 g/mol. The monoisotopic (exact) mass is 1900 g/mol. The maximum absolute atomic E-state index is 12.6. The van der Waals surface area contributed by atoms with E-state index < -0.39 is 48.4 Å². The van der Waals surface area contributed by atoms with Crippen LogP contribution in [0.4, 0.5) is 22.0 Å². The average Bonchev–Trinajstić information content (AvgIpc) is 0.993. The summed E-state index contributed by atoms with van der Waals surface area (Å²) in [5, 5.41) is 29.1. The van der Waals surface area contributed by atoms with Crippen LogP contribution < -0.4 is 78.0 Å². The first-order valence-corrected chi connectivity index (χ1v) is 50.5. The number of aliphatic hydroxyl groups is 2. The summed E-state index contributed by atoms with van der Waals surface area (Å²) in [5.41, 5.74) is 55.6. The molecule has 0 amide bonds. The number of benzene rings is 1. The Morgan fingerprint density at radius 2 is 0.745 bits per heavy atom. The third-order valence-electron chi connectivity index (χ3n) is 30.6. The van der Waals surface area contributed by atoms with Crippen LogP contribution in [0.1, 0.15) is 384 Å². The van der Waals surface area contributed by atoms with Crippen LogP contribution in [0.5, 0.6) is 46.8 Å². The highest BCUT2D eigenvalue weighted by molar-refractivity contribution is 5.46. The second kappa shape index (κ2) is 39.3. The summed E-state index contributed by atoms with van der Waals surface area (Å²) in [7, 11) is 0. The van der Waals surface area contributed by atoms with Gasteiger partial charge in [-0.3, -0.25) is 0 Å². The van der Waals surface area contributed by atoms with Gasteiger partial charge in [-0.2, -0.15) is 18.4 Å². The van der Waals surface area contributed by atoms with Gasteiger partial charge in [-0.15, -0.1) is 0 Å². The maximum atomic E-state index is 12.6. The Labute approximate surface area is 805 Å². The first kappa shape index (κ1) is 101. The highest BCUT2D eigenvalue weighted by Crippen LogP contribution is 2.56. The van der Waals surface area contributed by atoms with E-state index in [1.54, 1.807) is 25.4 Å². The molecule has 12 atom stereocenters. The molecular formula is C108H149F5N14O10. The number of rotatable bonds is 12. The number of nitrogens with two attached hydrogens (primary N) is 7. The minimum absolute atomic E-state index is 0.0000633. The summed E-state index contributed by atoms with van der Waals surface area (Å²) >= 11 is 0. The van der Waals surface area contributed by atoms with Crippen molar-refractivity contribution in [1.29, 1.82) is 5.26 Å². The number of hydrogen-bond acceptors (Lipinski definition) is 24. The van der Waals surface area contributed by atoms with Gasteiger partial charge in [0.25, 0.3) is 0 Å². The van der Waals surface area contributed by atoms with Gasteiger partial charge in [0, 0.05) is 170 Å². The van der Waals surface area contributed by atoms with Crippen LogP contribution in [0.3, 0.4) is 0 Å². The van der Waals surface area contributed by atoms with Crippen molar-refractivity contribution in [3.05, 3.63) is 164 Å². The summed E-state index contributed by atoms with van der Waals surface area (Å²) in [6.07, 6.45) is 35.1. The van der Waals surface area contributed by atoms with E-state index in [4.69, 9.17) is 83.3 Å². The number of nitrogens with zero attached hydrogens (tertiary/aromatic N) is 7. The van der Waals surface area contributed by atoms with Gasteiger partial charge in [0.15, 0.2) is 0 Å². The van der Waals surface area contributed by atoms with Gasteiger partial charge in [-0.25, -0.2) is 38.7 Å². The molecule has 8 fully saturated rings. The molecule has 22 rings (SSSR count). The van der Waals surface area contributed by atoms with Gasteiger partial charge >= 0.3 is 6.18 Å². The first-order valence-electron chi connectivity index (χ1n) is 50.5. The van der Waals surface area contributed by atoms with Crippen LogP contribution in [0.2, 0.25) is 0 Å².